The number of methoxy groups -OCH3 is 1. The summed E-state index contributed by atoms with van der Waals surface area (Å²) in [5, 5.41) is 4.64. The molecule has 0 aliphatic rings. The van der Waals surface area contributed by atoms with Crippen LogP contribution in [0.15, 0.2) is 30.6 Å². The van der Waals surface area contributed by atoms with Gasteiger partial charge in [-0.2, -0.15) is 19.6 Å². The molecule has 3 rings (SSSR count). The second kappa shape index (κ2) is 5.21. The number of nitrogens with zero attached hydrogens (tertiary/aromatic N) is 5. The van der Waals surface area contributed by atoms with Crippen LogP contribution in [0.4, 0.5) is 11.5 Å². The molecular formula is C14H14ClN5O. The predicted octanol–water partition coefficient (Wildman–Crippen LogP) is 2.86. The highest BCUT2D eigenvalue weighted by Crippen LogP contribution is 2.31. The van der Waals surface area contributed by atoms with Gasteiger partial charge in [0.2, 0.25) is 0 Å². The maximum Gasteiger partial charge on any atom is 0.255 e. The normalized spacial score (nSPS) is 10.9. The molecule has 0 spiro atoms. The highest BCUT2D eigenvalue weighted by Gasteiger charge is 2.17. The van der Waals surface area contributed by atoms with Crippen LogP contribution in [0.1, 0.15) is 5.56 Å². The fourth-order valence-corrected chi connectivity index (χ4v) is 2.38. The zero-order chi connectivity index (χ0) is 15.0. The highest BCUT2D eigenvalue weighted by molar-refractivity contribution is 6.30. The first-order valence-electron chi connectivity index (χ1n) is 6.35. The molecule has 0 amide bonds. The summed E-state index contributed by atoms with van der Waals surface area (Å²) >= 11 is 6.20. The van der Waals surface area contributed by atoms with Gasteiger partial charge in [-0.1, -0.05) is 17.7 Å². The monoisotopic (exact) mass is 303 g/mol. The number of hydrogen-bond donors (Lipinski definition) is 0. The van der Waals surface area contributed by atoms with Crippen LogP contribution in [-0.4, -0.2) is 33.7 Å². The maximum absolute atomic E-state index is 6.20. The van der Waals surface area contributed by atoms with Gasteiger partial charge in [0.1, 0.15) is 23.0 Å². The van der Waals surface area contributed by atoms with Crippen molar-refractivity contribution in [1.82, 2.24) is 19.6 Å². The molecule has 3 aromatic rings. The van der Waals surface area contributed by atoms with Crippen molar-refractivity contribution in [3.8, 4) is 5.75 Å². The molecule has 0 aliphatic carbocycles. The Hall–Kier alpha value is -2.34. The van der Waals surface area contributed by atoms with E-state index in [4.69, 9.17) is 16.3 Å². The van der Waals surface area contributed by atoms with Crippen LogP contribution in [0, 0.1) is 6.92 Å². The summed E-state index contributed by atoms with van der Waals surface area (Å²) in [6.07, 6.45) is 1.46. The van der Waals surface area contributed by atoms with Crippen molar-refractivity contribution in [2.75, 3.05) is 19.1 Å². The molecule has 21 heavy (non-hydrogen) atoms. The summed E-state index contributed by atoms with van der Waals surface area (Å²) < 4.78 is 6.93. The van der Waals surface area contributed by atoms with Gasteiger partial charge in [-0.25, -0.2) is 0 Å². The molecule has 0 atom stereocenters. The van der Waals surface area contributed by atoms with E-state index in [0.29, 0.717) is 10.9 Å². The van der Waals surface area contributed by atoms with Crippen LogP contribution in [0.5, 0.6) is 5.75 Å². The van der Waals surface area contributed by atoms with E-state index in [1.54, 1.807) is 11.6 Å². The van der Waals surface area contributed by atoms with E-state index in [1.807, 2.05) is 43.1 Å². The molecule has 0 fully saturated rings. The van der Waals surface area contributed by atoms with Crippen molar-refractivity contribution >= 4 is 28.9 Å². The van der Waals surface area contributed by atoms with Gasteiger partial charge in [-0.15, -0.1) is 0 Å². The van der Waals surface area contributed by atoms with Crippen LogP contribution in [0.2, 0.25) is 5.15 Å². The molecule has 2 heterocycles. The topological polar surface area (TPSA) is 55.5 Å². The van der Waals surface area contributed by atoms with Crippen LogP contribution < -0.4 is 9.64 Å². The minimum Gasteiger partial charge on any atom is -0.497 e. The number of rotatable bonds is 3. The molecule has 0 radical (unpaired) electrons. The Morgan fingerprint density at radius 1 is 1.33 bits per heavy atom. The van der Waals surface area contributed by atoms with E-state index >= 15 is 0 Å². The lowest BCUT2D eigenvalue weighted by molar-refractivity contribution is 0.415. The first-order chi connectivity index (χ1) is 10.1. The number of anilines is 2. The molecule has 7 heteroatoms. The predicted molar refractivity (Wildman–Crippen MR) is 81.6 cm³/mol. The van der Waals surface area contributed by atoms with Crippen molar-refractivity contribution in [2.24, 2.45) is 0 Å². The lowest BCUT2D eigenvalue weighted by Crippen LogP contribution is -2.16. The van der Waals surface area contributed by atoms with E-state index in [0.717, 1.165) is 22.8 Å². The fraction of sp³-hybridized carbons (Fsp3) is 0.214. The smallest absolute Gasteiger partial charge is 0.255 e. The minimum atomic E-state index is 0.417. The Labute approximate surface area is 127 Å². The first kappa shape index (κ1) is 13.6. The molecule has 108 valence electrons. The van der Waals surface area contributed by atoms with Gasteiger partial charge in [-0.3, -0.25) is 0 Å². The molecule has 6 nitrogen and oxygen atoms in total. The minimum absolute atomic E-state index is 0.417. The van der Waals surface area contributed by atoms with Gasteiger partial charge in [-0.05, 0) is 19.1 Å². The van der Waals surface area contributed by atoms with E-state index in [9.17, 15) is 0 Å². The third kappa shape index (κ3) is 2.27. The number of ether oxygens (including phenoxy) is 1. The second-order valence-electron chi connectivity index (χ2n) is 4.58. The number of benzene rings is 1. The molecule has 0 aliphatic heterocycles. The standard InChI is InChI=1S/C14H14ClN5O/c1-9-12(15)18-14-16-8-17-20(14)13(9)19(2)10-5-4-6-11(7-10)21-3/h4-8H,1-3H3. The number of fused-ring (bicyclic) bond motifs is 1. The Morgan fingerprint density at radius 3 is 2.90 bits per heavy atom. The molecule has 0 N–H and O–H groups in total. The molecule has 1 aromatic carbocycles. The Balaban J connectivity index is 2.18. The molecule has 0 saturated carbocycles. The summed E-state index contributed by atoms with van der Waals surface area (Å²) in [4.78, 5) is 10.3. The number of aromatic nitrogens is 4. The molecular weight excluding hydrogens is 290 g/mol. The summed E-state index contributed by atoms with van der Waals surface area (Å²) in [6, 6.07) is 7.76. The van der Waals surface area contributed by atoms with E-state index < -0.39 is 0 Å². The lowest BCUT2D eigenvalue weighted by Gasteiger charge is -2.22. The number of halogens is 1. The Morgan fingerprint density at radius 2 is 2.14 bits per heavy atom. The summed E-state index contributed by atoms with van der Waals surface area (Å²) in [5.74, 6) is 2.07. The fourth-order valence-electron chi connectivity index (χ4n) is 2.22. The summed E-state index contributed by atoms with van der Waals surface area (Å²) in [6.45, 7) is 1.91. The highest BCUT2D eigenvalue weighted by atomic mass is 35.5. The zero-order valence-corrected chi connectivity index (χ0v) is 12.7. The van der Waals surface area contributed by atoms with E-state index in [2.05, 4.69) is 15.1 Å². The quantitative estimate of drug-likeness (QED) is 0.696. The Bertz CT molecular complexity index is 801. The molecule has 0 unspecified atom stereocenters. The molecule has 2 aromatic heterocycles. The van der Waals surface area contributed by atoms with Gasteiger partial charge in [0.15, 0.2) is 0 Å². The second-order valence-corrected chi connectivity index (χ2v) is 4.94. The van der Waals surface area contributed by atoms with Crippen LogP contribution >= 0.6 is 11.6 Å². The van der Waals surface area contributed by atoms with Gasteiger partial charge in [0.25, 0.3) is 5.78 Å². The average molecular weight is 304 g/mol. The molecule has 0 bridgehead atoms. The summed E-state index contributed by atoms with van der Waals surface area (Å²) in [5.41, 5.74) is 1.79. The maximum atomic E-state index is 6.20. The first-order valence-corrected chi connectivity index (χ1v) is 6.73. The van der Waals surface area contributed by atoms with Crippen molar-refractivity contribution in [3.05, 3.63) is 41.3 Å². The van der Waals surface area contributed by atoms with Crippen LogP contribution in [0.3, 0.4) is 0 Å². The van der Waals surface area contributed by atoms with Gasteiger partial charge < -0.3 is 9.64 Å². The van der Waals surface area contributed by atoms with E-state index in [1.165, 1.54) is 6.33 Å². The van der Waals surface area contributed by atoms with Crippen molar-refractivity contribution in [3.63, 3.8) is 0 Å². The number of hydrogen-bond acceptors (Lipinski definition) is 5. The van der Waals surface area contributed by atoms with E-state index in [-0.39, 0.29) is 0 Å². The zero-order valence-electron chi connectivity index (χ0n) is 11.9. The van der Waals surface area contributed by atoms with Crippen molar-refractivity contribution in [1.29, 1.82) is 0 Å². The van der Waals surface area contributed by atoms with Crippen LogP contribution in [-0.2, 0) is 0 Å². The largest absolute Gasteiger partial charge is 0.497 e. The average Bonchev–Trinajstić information content (AvgIpc) is 2.95. The van der Waals surface area contributed by atoms with Gasteiger partial charge in [0.05, 0.1) is 7.11 Å². The van der Waals surface area contributed by atoms with Crippen LogP contribution in [0.25, 0.3) is 5.78 Å². The van der Waals surface area contributed by atoms with Gasteiger partial charge >= 0.3 is 0 Å². The SMILES string of the molecule is COc1cccc(N(C)c2c(C)c(Cl)nc3ncnn23)c1. The molecule has 0 saturated heterocycles. The Kier molecular flexibility index (Phi) is 3.39. The van der Waals surface area contributed by atoms with Gasteiger partial charge in [0, 0.05) is 24.4 Å². The van der Waals surface area contributed by atoms with Crippen molar-refractivity contribution < 1.29 is 4.74 Å². The van der Waals surface area contributed by atoms with Crippen molar-refractivity contribution in [2.45, 2.75) is 6.92 Å². The third-order valence-corrected chi connectivity index (χ3v) is 3.70. The lowest BCUT2D eigenvalue weighted by atomic mass is 10.2. The third-order valence-electron chi connectivity index (χ3n) is 3.33. The summed E-state index contributed by atoms with van der Waals surface area (Å²) in [7, 11) is 3.58.